The molecule has 0 atom stereocenters. The molecule has 124 valence electrons. The molecule has 1 aromatic heterocycles. The summed E-state index contributed by atoms with van der Waals surface area (Å²) in [5, 5.41) is 10.8. The van der Waals surface area contributed by atoms with Crippen LogP contribution in [0.5, 0.6) is 0 Å². The highest BCUT2D eigenvalue weighted by Crippen LogP contribution is 2.12. The van der Waals surface area contributed by atoms with Gasteiger partial charge in [0.2, 0.25) is 5.91 Å². The first-order valence-corrected chi connectivity index (χ1v) is 7.91. The highest BCUT2D eigenvalue weighted by atomic mass is 16.3. The predicted octanol–water partition coefficient (Wildman–Crippen LogP) is 2.08. The van der Waals surface area contributed by atoms with Gasteiger partial charge in [-0.05, 0) is 44.7 Å². The van der Waals surface area contributed by atoms with Crippen LogP contribution in [-0.2, 0) is 11.2 Å². The molecule has 5 nitrogen and oxygen atoms in total. The van der Waals surface area contributed by atoms with Crippen LogP contribution in [0, 0.1) is 0 Å². The van der Waals surface area contributed by atoms with Crippen molar-refractivity contribution in [2.24, 2.45) is 0 Å². The standard InChI is InChI=1S/C18H24N2O3/c1-4-20(12-18(2,3)23)16(21)10-9-14-11-13-7-5-6-8-15(13)19-17(14)22/h5-8,11,23H,4,9-10,12H2,1-3H3,(H,19,22). The molecule has 0 bridgehead atoms. The fourth-order valence-corrected chi connectivity index (χ4v) is 2.62. The Morgan fingerprint density at radius 3 is 2.65 bits per heavy atom. The Morgan fingerprint density at radius 2 is 2.00 bits per heavy atom. The number of hydrogen-bond donors (Lipinski definition) is 2. The number of aliphatic hydroxyl groups is 1. The van der Waals surface area contributed by atoms with Gasteiger partial charge >= 0.3 is 0 Å². The number of amides is 1. The van der Waals surface area contributed by atoms with Crippen molar-refractivity contribution in [3.63, 3.8) is 0 Å². The van der Waals surface area contributed by atoms with E-state index in [1.807, 2.05) is 37.3 Å². The Morgan fingerprint density at radius 1 is 1.30 bits per heavy atom. The minimum absolute atomic E-state index is 0.0535. The summed E-state index contributed by atoms with van der Waals surface area (Å²) in [6, 6.07) is 9.42. The third-order valence-electron chi connectivity index (χ3n) is 3.75. The molecule has 0 aliphatic carbocycles. The number of nitrogens with one attached hydrogen (secondary N) is 1. The number of pyridine rings is 1. The summed E-state index contributed by atoms with van der Waals surface area (Å²) in [6.07, 6.45) is 0.646. The van der Waals surface area contributed by atoms with Crippen molar-refractivity contribution >= 4 is 16.8 Å². The largest absolute Gasteiger partial charge is 0.389 e. The summed E-state index contributed by atoms with van der Waals surface area (Å²) in [7, 11) is 0. The summed E-state index contributed by atoms with van der Waals surface area (Å²) in [4.78, 5) is 28.9. The van der Waals surface area contributed by atoms with Crippen molar-refractivity contribution in [2.45, 2.75) is 39.2 Å². The maximum absolute atomic E-state index is 12.3. The molecule has 23 heavy (non-hydrogen) atoms. The molecule has 5 heteroatoms. The van der Waals surface area contributed by atoms with Crippen molar-refractivity contribution in [1.82, 2.24) is 9.88 Å². The highest BCUT2D eigenvalue weighted by Gasteiger charge is 2.21. The SMILES string of the molecule is CCN(CC(C)(C)O)C(=O)CCc1cc2ccccc2[nH]c1=O. The number of aromatic nitrogens is 1. The predicted molar refractivity (Wildman–Crippen MR) is 91.4 cm³/mol. The molecular weight excluding hydrogens is 292 g/mol. The molecular formula is C18H24N2O3. The van der Waals surface area contributed by atoms with Gasteiger partial charge < -0.3 is 15.0 Å². The van der Waals surface area contributed by atoms with Gasteiger partial charge in [-0.3, -0.25) is 9.59 Å². The molecule has 0 unspecified atom stereocenters. The minimum atomic E-state index is -0.925. The van der Waals surface area contributed by atoms with E-state index in [1.54, 1.807) is 18.7 Å². The summed E-state index contributed by atoms with van der Waals surface area (Å²) in [5.41, 5.74) is 0.328. The average Bonchev–Trinajstić information content (AvgIpc) is 2.49. The molecule has 0 aliphatic heterocycles. The lowest BCUT2D eigenvalue weighted by molar-refractivity contribution is -0.133. The number of para-hydroxylation sites is 1. The molecule has 2 rings (SSSR count). The van der Waals surface area contributed by atoms with Gasteiger partial charge in [-0.2, -0.15) is 0 Å². The number of rotatable bonds is 6. The van der Waals surface area contributed by atoms with Gasteiger partial charge in [-0.15, -0.1) is 0 Å². The smallest absolute Gasteiger partial charge is 0.251 e. The van der Waals surface area contributed by atoms with Crippen LogP contribution in [-0.4, -0.2) is 39.6 Å². The monoisotopic (exact) mass is 316 g/mol. The van der Waals surface area contributed by atoms with Crippen LogP contribution >= 0.6 is 0 Å². The number of carbonyl (C=O) groups excluding carboxylic acids is 1. The number of fused-ring (bicyclic) bond motifs is 1. The van der Waals surface area contributed by atoms with Gasteiger partial charge in [0.25, 0.3) is 5.56 Å². The van der Waals surface area contributed by atoms with Crippen molar-refractivity contribution in [2.75, 3.05) is 13.1 Å². The zero-order valence-electron chi connectivity index (χ0n) is 13.9. The third kappa shape index (κ3) is 4.66. The van der Waals surface area contributed by atoms with E-state index in [0.29, 0.717) is 18.5 Å². The lowest BCUT2D eigenvalue weighted by Crippen LogP contribution is -2.42. The quantitative estimate of drug-likeness (QED) is 0.857. The second kappa shape index (κ2) is 6.96. The minimum Gasteiger partial charge on any atom is -0.389 e. The summed E-state index contributed by atoms with van der Waals surface area (Å²) >= 11 is 0. The van der Waals surface area contributed by atoms with Crippen LogP contribution in [0.1, 0.15) is 32.8 Å². The van der Waals surface area contributed by atoms with Crippen LogP contribution in [0.15, 0.2) is 35.1 Å². The molecule has 0 saturated carbocycles. The van der Waals surface area contributed by atoms with E-state index >= 15 is 0 Å². The van der Waals surface area contributed by atoms with E-state index in [1.165, 1.54) is 0 Å². The fourth-order valence-electron chi connectivity index (χ4n) is 2.62. The van der Waals surface area contributed by atoms with E-state index in [9.17, 15) is 14.7 Å². The van der Waals surface area contributed by atoms with E-state index < -0.39 is 5.60 Å². The first kappa shape index (κ1) is 17.2. The van der Waals surface area contributed by atoms with Gasteiger partial charge in [0.05, 0.1) is 5.60 Å². The number of carbonyl (C=O) groups is 1. The first-order chi connectivity index (χ1) is 10.8. The number of hydrogen-bond acceptors (Lipinski definition) is 3. The Labute approximate surface area is 135 Å². The van der Waals surface area contributed by atoms with Crippen molar-refractivity contribution < 1.29 is 9.90 Å². The lowest BCUT2D eigenvalue weighted by Gasteiger charge is -2.28. The molecule has 0 saturated heterocycles. The van der Waals surface area contributed by atoms with E-state index in [4.69, 9.17) is 0 Å². The topological polar surface area (TPSA) is 73.4 Å². The fraction of sp³-hybridized carbons (Fsp3) is 0.444. The molecule has 2 aromatic rings. The average molecular weight is 316 g/mol. The Hall–Kier alpha value is -2.14. The molecule has 0 aliphatic rings. The van der Waals surface area contributed by atoms with Gasteiger partial charge in [0.1, 0.15) is 0 Å². The van der Waals surface area contributed by atoms with Crippen LogP contribution in [0.3, 0.4) is 0 Å². The Bertz CT molecular complexity index is 744. The summed E-state index contributed by atoms with van der Waals surface area (Å²) in [5.74, 6) is -0.0535. The maximum atomic E-state index is 12.3. The highest BCUT2D eigenvalue weighted by molar-refractivity contribution is 5.79. The van der Waals surface area contributed by atoms with Crippen LogP contribution in [0.4, 0.5) is 0 Å². The van der Waals surface area contributed by atoms with Gasteiger partial charge in [0.15, 0.2) is 0 Å². The second-order valence-corrected chi connectivity index (χ2v) is 6.43. The first-order valence-electron chi connectivity index (χ1n) is 7.91. The number of H-pyrrole nitrogens is 1. The van der Waals surface area contributed by atoms with Gasteiger partial charge in [-0.1, -0.05) is 18.2 Å². The number of nitrogens with zero attached hydrogens (tertiary/aromatic N) is 1. The number of benzene rings is 1. The molecule has 1 amide bonds. The molecule has 0 fully saturated rings. The van der Waals surface area contributed by atoms with E-state index in [-0.39, 0.29) is 24.4 Å². The zero-order chi connectivity index (χ0) is 17.0. The van der Waals surface area contributed by atoms with Crippen LogP contribution < -0.4 is 5.56 Å². The maximum Gasteiger partial charge on any atom is 0.251 e. The zero-order valence-corrected chi connectivity index (χ0v) is 13.9. The van der Waals surface area contributed by atoms with Crippen molar-refractivity contribution in [3.8, 4) is 0 Å². The van der Waals surface area contributed by atoms with Gasteiger partial charge in [0, 0.05) is 30.6 Å². The van der Waals surface area contributed by atoms with E-state index in [2.05, 4.69) is 4.98 Å². The Kier molecular flexibility index (Phi) is 5.21. The Balaban J connectivity index is 2.09. The number of likely N-dealkylation sites (N-methyl/N-ethyl adjacent to an activating group) is 1. The summed E-state index contributed by atoms with van der Waals surface area (Å²) < 4.78 is 0. The molecule has 0 spiro atoms. The molecule has 2 N–H and O–H groups in total. The van der Waals surface area contributed by atoms with Crippen LogP contribution in [0.25, 0.3) is 10.9 Å². The lowest BCUT2D eigenvalue weighted by atomic mass is 10.1. The van der Waals surface area contributed by atoms with Crippen molar-refractivity contribution in [3.05, 3.63) is 46.2 Å². The van der Waals surface area contributed by atoms with Gasteiger partial charge in [-0.25, -0.2) is 0 Å². The molecule has 0 radical (unpaired) electrons. The summed E-state index contributed by atoms with van der Waals surface area (Å²) in [6.45, 7) is 6.06. The molecule has 1 aromatic carbocycles. The van der Waals surface area contributed by atoms with Crippen molar-refractivity contribution in [1.29, 1.82) is 0 Å². The second-order valence-electron chi connectivity index (χ2n) is 6.43. The molecule has 1 heterocycles. The van der Waals surface area contributed by atoms with Crippen LogP contribution in [0.2, 0.25) is 0 Å². The normalized spacial score (nSPS) is 11.7. The number of aryl methyl sites for hydroxylation is 1. The third-order valence-corrected chi connectivity index (χ3v) is 3.75. The number of aromatic amines is 1. The van der Waals surface area contributed by atoms with E-state index in [0.717, 1.165) is 10.9 Å².